The summed E-state index contributed by atoms with van der Waals surface area (Å²) in [6.07, 6.45) is 1.78. The molecule has 6 nitrogen and oxygen atoms in total. The minimum absolute atomic E-state index is 0.0314. The normalized spacial score (nSPS) is 18.0. The fourth-order valence-corrected chi connectivity index (χ4v) is 3.13. The van der Waals surface area contributed by atoms with Crippen LogP contribution in [0.15, 0.2) is 24.3 Å². The molecule has 1 fully saturated rings. The largest absolute Gasteiger partial charge is 0.396 e. The first-order valence-electron chi connectivity index (χ1n) is 8.62. The number of amides is 1. The Kier molecular flexibility index (Phi) is 5.13. The van der Waals surface area contributed by atoms with Gasteiger partial charge < -0.3 is 10.0 Å². The molecule has 7 heteroatoms. The number of hydrogen-bond acceptors (Lipinski definition) is 4. The topological polar surface area (TPSA) is 71.2 Å². The molecule has 0 bridgehead atoms. The van der Waals surface area contributed by atoms with Gasteiger partial charge in [-0.15, -0.1) is 5.10 Å². The van der Waals surface area contributed by atoms with Crippen LogP contribution >= 0.6 is 0 Å². The van der Waals surface area contributed by atoms with Crippen molar-refractivity contribution in [1.82, 2.24) is 19.7 Å². The van der Waals surface area contributed by atoms with Crippen molar-refractivity contribution in [3.63, 3.8) is 0 Å². The lowest BCUT2D eigenvalue weighted by Crippen LogP contribution is -2.41. The van der Waals surface area contributed by atoms with Crippen molar-refractivity contribution in [2.24, 2.45) is 5.92 Å². The van der Waals surface area contributed by atoms with E-state index >= 15 is 0 Å². The maximum atomic E-state index is 13.6. The van der Waals surface area contributed by atoms with Crippen LogP contribution in [0.1, 0.15) is 49.1 Å². The van der Waals surface area contributed by atoms with Crippen LogP contribution in [0.3, 0.4) is 0 Å². The zero-order valence-electron chi connectivity index (χ0n) is 14.5. The number of nitrogens with zero attached hydrogens (tertiary/aromatic N) is 4. The molecule has 1 aliphatic heterocycles. The summed E-state index contributed by atoms with van der Waals surface area (Å²) in [4.78, 5) is 18.9. The molecule has 1 atom stereocenters. The van der Waals surface area contributed by atoms with Gasteiger partial charge in [-0.1, -0.05) is 19.9 Å². The summed E-state index contributed by atoms with van der Waals surface area (Å²) in [6, 6.07) is 6.08. The quantitative estimate of drug-likeness (QED) is 0.923. The standard InChI is InChI=1S/C18H23FN4O2/c1-12(2)17-20-16(18(25)22-8-4-5-13(10-22)11-24)21-23(17)15-7-3-6-14(19)9-15/h3,6-7,9,12-13,24H,4-5,8,10-11H2,1-2H3. The number of rotatable bonds is 4. The Bertz CT molecular complexity index is 759. The average molecular weight is 346 g/mol. The van der Waals surface area contributed by atoms with Crippen LogP contribution in [0.2, 0.25) is 0 Å². The van der Waals surface area contributed by atoms with Crippen LogP contribution in [0.5, 0.6) is 0 Å². The van der Waals surface area contributed by atoms with Crippen molar-refractivity contribution in [3.05, 3.63) is 41.7 Å². The molecule has 1 unspecified atom stereocenters. The van der Waals surface area contributed by atoms with Gasteiger partial charge in [0, 0.05) is 25.6 Å². The van der Waals surface area contributed by atoms with Crippen molar-refractivity contribution in [2.45, 2.75) is 32.6 Å². The number of halogens is 1. The van der Waals surface area contributed by atoms with Crippen molar-refractivity contribution < 1.29 is 14.3 Å². The number of aromatic nitrogens is 3. The molecular formula is C18H23FN4O2. The predicted octanol–water partition coefficient (Wildman–Crippen LogP) is 2.37. The molecule has 2 aromatic rings. The third kappa shape index (κ3) is 3.71. The lowest BCUT2D eigenvalue weighted by molar-refractivity contribution is 0.0609. The molecule has 0 saturated carbocycles. The second-order valence-electron chi connectivity index (χ2n) is 6.78. The highest BCUT2D eigenvalue weighted by molar-refractivity contribution is 5.90. The third-order valence-corrected chi connectivity index (χ3v) is 4.46. The Morgan fingerprint density at radius 2 is 2.24 bits per heavy atom. The molecule has 1 aliphatic rings. The van der Waals surface area contributed by atoms with Gasteiger partial charge in [0.1, 0.15) is 11.6 Å². The first-order valence-corrected chi connectivity index (χ1v) is 8.62. The summed E-state index contributed by atoms with van der Waals surface area (Å²) in [5.41, 5.74) is 0.544. The lowest BCUT2D eigenvalue weighted by atomic mass is 9.99. The molecule has 1 saturated heterocycles. The highest BCUT2D eigenvalue weighted by Crippen LogP contribution is 2.21. The molecule has 1 aromatic carbocycles. The van der Waals surface area contributed by atoms with Gasteiger partial charge in [0.25, 0.3) is 5.91 Å². The lowest BCUT2D eigenvalue weighted by Gasteiger charge is -2.30. The minimum atomic E-state index is -0.364. The summed E-state index contributed by atoms with van der Waals surface area (Å²) in [5.74, 6) is 0.264. The number of aliphatic hydroxyl groups is 1. The van der Waals surface area contributed by atoms with Gasteiger partial charge in [-0.25, -0.2) is 14.1 Å². The molecule has 25 heavy (non-hydrogen) atoms. The zero-order chi connectivity index (χ0) is 18.0. The Balaban J connectivity index is 1.92. The summed E-state index contributed by atoms with van der Waals surface area (Å²) in [7, 11) is 0. The number of piperidine rings is 1. The molecule has 2 heterocycles. The maximum absolute atomic E-state index is 13.6. The Labute approximate surface area is 146 Å². The van der Waals surface area contributed by atoms with Gasteiger partial charge in [-0.2, -0.15) is 0 Å². The third-order valence-electron chi connectivity index (χ3n) is 4.46. The fourth-order valence-electron chi connectivity index (χ4n) is 3.13. The Hall–Kier alpha value is -2.28. The second-order valence-corrected chi connectivity index (χ2v) is 6.78. The number of aliphatic hydroxyl groups excluding tert-OH is 1. The van der Waals surface area contributed by atoms with Gasteiger partial charge in [-0.3, -0.25) is 4.79 Å². The van der Waals surface area contributed by atoms with Crippen LogP contribution in [-0.4, -0.2) is 50.4 Å². The van der Waals surface area contributed by atoms with E-state index in [9.17, 15) is 14.3 Å². The first-order chi connectivity index (χ1) is 12.0. The molecule has 134 valence electrons. The molecule has 0 aliphatic carbocycles. The van der Waals surface area contributed by atoms with Gasteiger partial charge in [0.2, 0.25) is 5.82 Å². The van der Waals surface area contributed by atoms with Crippen molar-refractivity contribution in [3.8, 4) is 5.69 Å². The van der Waals surface area contributed by atoms with E-state index in [4.69, 9.17) is 0 Å². The van der Waals surface area contributed by atoms with Crippen LogP contribution in [-0.2, 0) is 0 Å². The molecular weight excluding hydrogens is 323 g/mol. The number of benzene rings is 1. The second kappa shape index (κ2) is 7.31. The van der Waals surface area contributed by atoms with E-state index in [1.165, 1.54) is 16.8 Å². The zero-order valence-corrected chi connectivity index (χ0v) is 14.5. The molecule has 0 spiro atoms. The van der Waals surface area contributed by atoms with E-state index in [0.717, 1.165) is 12.8 Å². The number of carbonyl (C=O) groups excluding carboxylic acids is 1. The van der Waals surface area contributed by atoms with E-state index in [0.29, 0.717) is 24.6 Å². The molecule has 0 radical (unpaired) electrons. The number of hydrogen-bond donors (Lipinski definition) is 1. The SMILES string of the molecule is CC(C)c1nc(C(=O)N2CCCC(CO)C2)nn1-c1cccc(F)c1. The van der Waals surface area contributed by atoms with E-state index in [1.807, 2.05) is 13.8 Å². The van der Waals surface area contributed by atoms with Gasteiger partial charge in [0.05, 0.1) is 5.69 Å². The molecule has 1 amide bonds. The highest BCUT2D eigenvalue weighted by atomic mass is 19.1. The van der Waals surface area contributed by atoms with E-state index in [2.05, 4.69) is 10.1 Å². The van der Waals surface area contributed by atoms with E-state index in [-0.39, 0.29) is 36.0 Å². The Morgan fingerprint density at radius 1 is 1.44 bits per heavy atom. The van der Waals surface area contributed by atoms with Crippen molar-refractivity contribution in [1.29, 1.82) is 0 Å². The van der Waals surface area contributed by atoms with Gasteiger partial charge >= 0.3 is 0 Å². The predicted molar refractivity (Wildman–Crippen MR) is 91.1 cm³/mol. The summed E-state index contributed by atoms with van der Waals surface area (Å²) < 4.78 is 15.1. The van der Waals surface area contributed by atoms with Crippen LogP contribution in [0, 0.1) is 11.7 Å². The van der Waals surface area contributed by atoms with E-state index in [1.54, 1.807) is 17.0 Å². The molecule has 3 rings (SSSR count). The first kappa shape index (κ1) is 17.5. The van der Waals surface area contributed by atoms with Crippen molar-refractivity contribution in [2.75, 3.05) is 19.7 Å². The van der Waals surface area contributed by atoms with E-state index < -0.39 is 0 Å². The number of carbonyl (C=O) groups is 1. The monoisotopic (exact) mass is 346 g/mol. The highest BCUT2D eigenvalue weighted by Gasteiger charge is 2.28. The van der Waals surface area contributed by atoms with Gasteiger partial charge in [0.15, 0.2) is 0 Å². The minimum Gasteiger partial charge on any atom is -0.396 e. The number of likely N-dealkylation sites (tertiary alicyclic amines) is 1. The van der Waals surface area contributed by atoms with Crippen LogP contribution < -0.4 is 0 Å². The Morgan fingerprint density at radius 3 is 2.92 bits per heavy atom. The fraction of sp³-hybridized carbons (Fsp3) is 0.500. The summed E-state index contributed by atoms with van der Waals surface area (Å²) >= 11 is 0. The van der Waals surface area contributed by atoms with Gasteiger partial charge in [-0.05, 0) is 37.0 Å². The smallest absolute Gasteiger partial charge is 0.293 e. The van der Waals surface area contributed by atoms with Crippen LogP contribution in [0.4, 0.5) is 4.39 Å². The molecule has 1 aromatic heterocycles. The molecule has 1 N–H and O–H groups in total. The van der Waals surface area contributed by atoms with Crippen LogP contribution in [0.25, 0.3) is 5.69 Å². The van der Waals surface area contributed by atoms with Crippen molar-refractivity contribution >= 4 is 5.91 Å². The maximum Gasteiger partial charge on any atom is 0.293 e. The average Bonchev–Trinajstić information content (AvgIpc) is 3.07. The summed E-state index contributed by atoms with van der Waals surface area (Å²) in [5, 5.41) is 13.7. The summed E-state index contributed by atoms with van der Waals surface area (Å²) in [6.45, 7) is 5.14.